The van der Waals surface area contributed by atoms with E-state index in [0.717, 1.165) is 12.1 Å². The molecular weight excluding hydrogens is 456 g/mol. The molecule has 0 spiro atoms. The Morgan fingerprint density at radius 3 is 2.44 bits per heavy atom. The average molecular weight is 489 g/mol. The number of amides is 1. The summed E-state index contributed by atoms with van der Waals surface area (Å²) in [5.41, 5.74) is 3.26. The number of ether oxygens (including phenoxy) is 1. The van der Waals surface area contributed by atoms with Gasteiger partial charge in [0.05, 0.1) is 11.0 Å². The predicted octanol–water partition coefficient (Wildman–Crippen LogP) is 5.00. The smallest absolute Gasteiger partial charge is 0.292 e. The Hall–Kier alpha value is -4.07. The second kappa shape index (κ2) is 11.6. The fourth-order valence-electron chi connectivity index (χ4n) is 4.33. The Kier molecular flexibility index (Phi) is 8.05. The van der Waals surface area contributed by atoms with E-state index >= 15 is 0 Å². The molecule has 8 nitrogen and oxygen atoms in total. The lowest BCUT2D eigenvalue weighted by molar-refractivity contribution is -0.383. The first-order valence-electron chi connectivity index (χ1n) is 12.3. The number of hydrogen-bond donors (Lipinski definition) is 1. The largest absolute Gasteiger partial charge is 0.491 e. The summed E-state index contributed by atoms with van der Waals surface area (Å²) in [6.45, 7) is 6.94. The molecule has 4 rings (SSSR count). The summed E-state index contributed by atoms with van der Waals surface area (Å²) in [5, 5.41) is 14.8. The van der Waals surface area contributed by atoms with Crippen LogP contribution in [0.15, 0.2) is 72.8 Å². The molecule has 0 aliphatic carbocycles. The van der Waals surface area contributed by atoms with Crippen molar-refractivity contribution >= 4 is 23.0 Å². The van der Waals surface area contributed by atoms with E-state index in [4.69, 9.17) is 4.74 Å². The Balaban J connectivity index is 1.39. The van der Waals surface area contributed by atoms with Crippen LogP contribution < -0.4 is 15.0 Å². The van der Waals surface area contributed by atoms with Crippen LogP contribution in [0.5, 0.6) is 5.75 Å². The van der Waals surface area contributed by atoms with Gasteiger partial charge in [0.1, 0.15) is 11.4 Å². The number of nitrogens with one attached hydrogen (secondary N) is 1. The van der Waals surface area contributed by atoms with E-state index in [0.29, 0.717) is 49.7 Å². The van der Waals surface area contributed by atoms with Gasteiger partial charge < -0.3 is 19.9 Å². The molecular formula is C28H32N4O4. The zero-order valence-electron chi connectivity index (χ0n) is 20.7. The van der Waals surface area contributed by atoms with Gasteiger partial charge in [0.25, 0.3) is 11.6 Å². The van der Waals surface area contributed by atoms with Gasteiger partial charge in [0.2, 0.25) is 0 Å². The molecule has 0 unspecified atom stereocenters. The summed E-state index contributed by atoms with van der Waals surface area (Å²) in [4.78, 5) is 28.3. The number of nitrogens with zero attached hydrogens (tertiary/aromatic N) is 3. The standard InChI is InChI=1S/C28H32N4O4/c1-21(2)36-25-10-6-9-23(19-25)28(33)31-17-15-30(16-18-31)24-11-12-27(32(34)35)26(20-24)29-14-13-22-7-4-3-5-8-22/h3-12,19-21,29H,13-18H2,1-2H3. The van der Waals surface area contributed by atoms with Crippen molar-refractivity contribution in [3.8, 4) is 5.75 Å². The fraction of sp³-hybridized carbons (Fsp3) is 0.321. The molecule has 1 saturated heterocycles. The zero-order chi connectivity index (χ0) is 25.5. The molecule has 3 aromatic carbocycles. The normalized spacial score (nSPS) is 13.5. The maximum atomic E-state index is 13.1. The van der Waals surface area contributed by atoms with E-state index in [-0.39, 0.29) is 22.6 Å². The highest BCUT2D eigenvalue weighted by atomic mass is 16.6. The predicted molar refractivity (Wildman–Crippen MR) is 142 cm³/mol. The minimum atomic E-state index is -0.359. The van der Waals surface area contributed by atoms with E-state index < -0.39 is 0 Å². The quantitative estimate of drug-likeness (QED) is 0.337. The summed E-state index contributed by atoms with van der Waals surface area (Å²) in [6, 6.07) is 22.5. The Bertz CT molecular complexity index is 1190. The highest BCUT2D eigenvalue weighted by molar-refractivity contribution is 5.94. The van der Waals surface area contributed by atoms with Crippen molar-refractivity contribution in [2.24, 2.45) is 0 Å². The number of benzene rings is 3. The molecule has 188 valence electrons. The number of rotatable bonds is 9. The van der Waals surface area contributed by atoms with Gasteiger partial charge in [-0.05, 0) is 56.2 Å². The highest BCUT2D eigenvalue weighted by Gasteiger charge is 2.24. The van der Waals surface area contributed by atoms with Gasteiger partial charge in [-0.2, -0.15) is 0 Å². The minimum Gasteiger partial charge on any atom is -0.491 e. The highest BCUT2D eigenvalue weighted by Crippen LogP contribution is 2.30. The van der Waals surface area contributed by atoms with Crippen molar-refractivity contribution in [2.75, 3.05) is 42.9 Å². The number of nitro benzene ring substituents is 1. The van der Waals surface area contributed by atoms with Crippen molar-refractivity contribution < 1.29 is 14.5 Å². The number of anilines is 2. The monoisotopic (exact) mass is 488 g/mol. The molecule has 0 bridgehead atoms. The van der Waals surface area contributed by atoms with E-state index in [1.165, 1.54) is 5.56 Å². The summed E-state index contributed by atoms with van der Waals surface area (Å²) in [5.74, 6) is 0.670. The van der Waals surface area contributed by atoms with E-state index in [9.17, 15) is 14.9 Å². The first-order valence-corrected chi connectivity index (χ1v) is 12.3. The maximum absolute atomic E-state index is 13.1. The molecule has 0 aromatic heterocycles. The lowest BCUT2D eigenvalue weighted by Crippen LogP contribution is -2.48. The first-order chi connectivity index (χ1) is 17.4. The minimum absolute atomic E-state index is 0.0178. The van der Waals surface area contributed by atoms with Gasteiger partial charge in [0, 0.05) is 50.0 Å². The van der Waals surface area contributed by atoms with Crippen LogP contribution in [-0.4, -0.2) is 54.6 Å². The number of piperazine rings is 1. The lowest BCUT2D eigenvalue weighted by Gasteiger charge is -2.36. The van der Waals surface area contributed by atoms with Gasteiger partial charge in [0.15, 0.2) is 0 Å². The average Bonchev–Trinajstić information content (AvgIpc) is 2.88. The van der Waals surface area contributed by atoms with Crippen molar-refractivity contribution in [2.45, 2.75) is 26.4 Å². The van der Waals surface area contributed by atoms with Crippen LogP contribution in [0.4, 0.5) is 17.1 Å². The van der Waals surface area contributed by atoms with Gasteiger partial charge in [-0.15, -0.1) is 0 Å². The summed E-state index contributed by atoms with van der Waals surface area (Å²) in [7, 11) is 0. The summed E-state index contributed by atoms with van der Waals surface area (Å²) in [6.07, 6.45) is 0.810. The molecule has 0 saturated carbocycles. The van der Waals surface area contributed by atoms with Gasteiger partial charge in [-0.25, -0.2) is 0 Å². The Morgan fingerprint density at radius 1 is 1.00 bits per heavy atom. The lowest BCUT2D eigenvalue weighted by atomic mass is 10.1. The second-order valence-electron chi connectivity index (χ2n) is 9.09. The van der Waals surface area contributed by atoms with Crippen molar-refractivity contribution in [1.82, 2.24) is 4.90 Å². The molecule has 36 heavy (non-hydrogen) atoms. The number of carbonyl (C=O) groups excluding carboxylic acids is 1. The van der Waals surface area contributed by atoms with Crippen LogP contribution >= 0.6 is 0 Å². The van der Waals surface area contributed by atoms with Crippen LogP contribution in [0.1, 0.15) is 29.8 Å². The molecule has 1 aliphatic heterocycles. The third kappa shape index (κ3) is 6.33. The molecule has 1 fully saturated rings. The summed E-state index contributed by atoms with van der Waals surface area (Å²) >= 11 is 0. The number of carbonyl (C=O) groups is 1. The fourth-order valence-corrected chi connectivity index (χ4v) is 4.33. The molecule has 3 aromatic rings. The van der Waals surface area contributed by atoms with Crippen LogP contribution in [-0.2, 0) is 6.42 Å². The second-order valence-corrected chi connectivity index (χ2v) is 9.09. The van der Waals surface area contributed by atoms with Gasteiger partial charge in [-0.1, -0.05) is 36.4 Å². The first kappa shape index (κ1) is 25.0. The molecule has 1 amide bonds. The van der Waals surface area contributed by atoms with Crippen LogP contribution in [0.2, 0.25) is 0 Å². The van der Waals surface area contributed by atoms with Crippen LogP contribution in [0, 0.1) is 10.1 Å². The summed E-state index contributed by atoms with van der Waals surface area (Å²) < 4.78 is 5.73. The third-order valence-corrected chi connectivity index (χ3v) is 6.13. The molecule has 0 atom stereocenters. The molecule has 8 heteroatoms. The van der Waals surface area contributed by atoms with E-state index in [1.807, 2.05) is 73.3 Å². The molecule has 1 heterocycles. The third-order valence-electron chi connectivity index (χ3n) is 6.13. The van der Waals surface area contributed by atoms with Crippen LogP contribution in [0.25, 0.3) is 0 Å². The molecule has 1 N–H and O–H groups in total. The van der Waals surface area contributed by atoms with Gasteiger partial charge >= 0.3 is 0 Å². The van der Waals surface area contributed by atoms with Crippen LogP contribution in [0.3, 0.4) is 0 Å². The van der Waals surface area contributed by atoms with Crippen molar-refractivity contribution in [3.05, 3.63) is 94.0 Å². The SMILES string of the molecule is CC(C)Oc1cccc(C(=O)N2CCN(c3ccc([N+](=O)[O-])c(NCCc4ccccc4)c3)CC2)c1. The maximum Gasteiger partial charge on any atom is 0.292 e. The number of hydrogen-bond acceptors (Lipinski definition) is 6. The topological polar surface area (TPSA) is 88.0 Å². The Labute approximate surface area is 211 Å². The molecule has 1 aliphatic rings. The van der Waals surface area contributed by atoms with E-state index in [1.54, 1.807) is 18.2 Å². The number of nitro groups is 1. The zero-order valence-corrected chi connectivity index (χ0v) is 20.7. The van der Waals surface area contributed by atoms with Crippen molar-refractivity contribution in [3.63, 3.8) is 0 Å². The van der Waals surface area contributed by atoms with E-state index in [2.05, 4.69) is 10.2 Å². The Morgan fingerprint density at radius 2 is 1.75 bits per heavy atom. The van der Waals surface area contributed by atoms with Crippen molar-refractivity contribution in [1.29, 1.82) is 0 Å². The van der Waals surface area contributed by atoms with Gasteiger partial charge in [-0.3, -0.25) is 14.9 Å². The molecule has 0 radical (unpaired) electrons.